The van der Waals surface area contributed by atoms with Crippen LogP contribution < -0.4 is 15.2 Å². The molecule has 0 aliphatic rings. The largest absolute Gasteiger partial charge is 0.544 e. The number of ether oxygens (including phenoxy) is 1. The number of carbonyl (C=O) groups excluding carboxylic acids is 2. The molecular formula is C17H19N2O4S-. The number of hydrogen-bond acceptors (Lipinski definition) is 6. The van der Waals surface area contributed by atoms with Crippen LogP contribution in [0.3, 0.4) is 0 Å². The Balaban J connectivity index is 1.76. The fraction of sp³-hybridized carbons (Fsp3) is 0.353. The summed E-state index contributed by atoms with van der Waals surface area (Å²) in [5, 5.41) is 14.0. The molecule has 6 nitrogen and oxygen atoms in total. The molecule has 1 heterocycles. The normalized spacial score (nSPS) is 10.5. The SMILES string of the molecule is Cc1ccc(OCCNC(=O)Cc2nc(C)c(C(=O)[O-])s2)cc1C. The minimum Gasteiger partial charge on any atom is -0.544 e. The minimum atomic E-state index is -1.27. The molecule has 24 heavy (non-hydrogen) atoms. The van der Waals surface area contributed by atoms with Crippen molar-refractivity contribution in [2.24, 2.45) is 0 Å². The standard InChI is InChI=1S/C17H20N2O4S/c1-10-4-5-13(8-11(10)2)23-7-6-18-14(20)9-15-19-12(3)16(24-15)17(21)22/h4-5,8H,6-7,9H2,1-3H3,(H,18,20)(H,21,22)/p-1. The Hall–Kier alpha value is -2.41. The first kappa shape index (κ1) is 17.9. The number of thiazole rings is 1. The van der Waals surface area contributed by atoms with E-state index in [1.807, 2.05) is 32.0 Å². The Morgan fingerprint density at radius 3 is 2.62 bits per heavy atom. The fourth-order valence-electron chi connectivity index (χ4n) is 2.08. The molecule has 0 atom stereocenters. The van der Waals surface area contributed by atoms with Crippen molar-refractivity contribution in [2.45, 2.75) is 27.2 Å². The van der Waals surface area contributed by atoms with Crippen molar-refractivity contribution >= 4 is 23.2 Å². The molecule has 0 aliphatic heterocycles. The molecule has 1 amide bonds. The lowest BCUT2D eigenvalue weighted by Gasteiger charge is -2.09. The van der Waals surface area contributed by atoms with Gasteiger partial charge in [0.1, 0.15) is 17.4 Å². The van der Waals surface area contributed by atoms with Gasteiger partial charge in [-0.1, -0.05) is 6.07 Å². The second kappa shape index (κ2) is 7.92. The van der Waals surface area contributed by atoms with Gasteiger partial charge in [-0.3, -0.25) is 4.79 Å². The number of aromatic nitrogens is 1. The van der Waals surface area contributed by atoms with E-state index in [1.54, 1.807) is 6.92 Å². The lowest BCUT2D eigenvalue weighted by molar-refractivity contribution is -0.254. The minimum absolute atomic E-state index is 0.0441. The third-order valence-electron chi connectivity index (χ3n) is 3.51. The number of amides is 1. The van der Waals surface area contributed by atoms with Crippen molar-refractivity contribution in [3.63, 3.8) is 0 Å². The van der Waals surface area contributed by atoms with Gasteiger partial charge in [0, 0.05) is 0 Å². The first-order valence-corrected chi connectivity index (χ1v) is 8.33. The van der Waals surface area contributed by atoms with Crippen molar-refractivity contribution in [2.75, 3.05) is 13.2 Å². The van der Waals surface area contributed by atoms with Crippen molar-refractivity contribution < 1.29 is 19.4 Å². The zero-order chi connectivity index (χ0) is 17.7. The van der Waals surface area contributed by atoms with E-state index in [4.69, 9.17) is 4.74 Å². The van der Waals surface area contributed by atoms with Crippen LogP contribution in [0.4, 0.5) is 0 Å². The van der Waals surface area contributed by atoms with E-state index < -0.39 is 5.97 Å². The van der Waals surface area contributed by atoms with Crippen LogP contribution in [0.1, 0.15) is 31.5 Å². The number of aryl methyl sites for hydroxylation is 3. The molecule has 0 unspecified atom stereocenters. The van der Waals surface area contributed by atoms with Crippen LogP contribution in [0.5, 0.6) is 5.75 Å². The van der Waals surface area contributed by atoms with E-state index in [-0.39, 0.29) is 17.2 Å². The van der Waals surface area contributed by atoms with Crippen LogP contribution in [0.15, 0.2) is 18.2 Å². The van der Waals surface area contributed by atoms with E-state index in [9.17, 15) is 14.7 Å². The van der Waals surface area contributed by atoms with Crippen LogP contribution in [-0.2, 0) is 11.2 Å². The van der Waals surface area contributed by atoms with Gasteiger partial charge < -0.3 is 20.0 Å². The number of carbonyl (C=O) groups is 2. The predicted octanol–water partition coefficient (Wildman–Crippen LogP) is 1.17. The van der Waals surface area contributed by atoms with Crippen LogP contribution in [0, 0.1) is 20.8 Å². The average molecular weight is 347 g/mol. The summed E-state index contributed by atoms with van der Waals surface area (Å²) in [6.07, 6.45) is 0.0441. The molecule has 1 N–H and O–H groups in total. The van der Waals surface area contributed by atoms with Gasteiger partial charge in [-0.2, -0.15) is 0 Å². The molecule has 0 radical (unpaired) electrons. The molecule has 0 spiro atoms. The summed E-state index contributed by atoms with van der Waals surface area (Å²) in [6, 6.07) is 5.84. The maximum Gasteiger partial charge on any atom is 0.226 e. The molecule has 1 aromatic carbocycles. The van der Waals surface area contributed by atoms with E-state index >= 15 is 0 Å². The second-order valence-corrected chi connectivity index (χ2v) is 6.51. The van der Waals surface area contributed by atoms with Crippen molar-refractivity contribution in [1.82, 2.24) is 10.3 Å². The maximum absolute atomic E-state index is 11.8. The number of carboxylic acid groups (broad SMARTS) is 1. The predicted molar refractivity (Wildman–Crippen MR) is 89.3 cm³/mol. The number of nitrogens with zero attached hydrogens (tertiary/aromatic N) is 1. The number of benzene rings is 1. The lowest BCUT2D eigenvalue weighted by Crippen LogP contribution is -2.29. The van der Waals surface area contributed by atoms with Crippen LogP contribution in [0.25, 0.3) is 0 Å². The first-order chi connectivity index (χ1) is 11.4. The summed E-state index contributed by atoms with van der Waals surface area (Å²) in [7, 11) is 0. The molecule has 0 fully saturated rings. The Morgan fingerprint density at radius 1 is 1.25 bits per heavy atom. The average Bonchev–Trinajstić information content (AvgIpc) is 2.88. The molecule has 0 saturated heterocycles. The highest BCUT2D eigenvalue weighted by Crippen LogP contribution is 2.18. The second-order valence-electron chi connectivity index (χ2n) is 5.43. The van der Waals surface area contributed by atoms with E-state index in [2.05, 4.69) is 10.3 Å². The van der Waals surface area contributed by atoms with Gasteiger partial charge in [0.2, 0.25) is 5.91 Å². The number of rotatable bonds is 7. The van der Waals surface area contributed by atoms with Crippen LogP contribution >= 0.6 is 11.3 Å². The van der Waals surface area contributed by atoms with Crippen LogP contribution in [0.2, 0.25) is 0 Å². The maximum atomic E-state index is 11.8. The van der Waals surface area contributed by atoms with Crippen molar-refractivity contribution in [1.29, 1.82) is 0 Å². The smallest absolute Gasteiger partial charge is 0.226 e. The van der Waals surface area contributed by atoms with Crippen molar-refractivity contribution in [3.8, 4) is 5.75 Å². The molecule has 0 saturated carbocycles. The van der Waals surface area contributed by atoms with E-state index in [0.29, 0.717) is 23.9 Å². The summed E-state index contributed by atoms with van der Waals surface area (Å²) in [5.41, 5.74) is 2.73. The molecule has 2 rings (SSSR count). The van der Waals surface area contributed by atoms with Gasteiger partial charge >= 0.3 is 0 Å². The van der Waals surface area contributed by atoms with E-state index in [1.165, 1.54) is 5.56 Å². The van der Waals surface area contributed by atoms with Gasteiger partial charge in [0.25, 0.3) is 0 Å². The zero-order valence-electron chi connectivity index (χ0n) is 13.8. The Kier molecular flexibility index (Phi) is 5.92. The highest BCUT2D eigenvalue weighted by Gasteiger charge is 2.11. The Bertz CT molecular complexity index is 755. The summed E-state index contributed by atoms with van der Waals surface area (Å²) >= 11 is 0.970. The molecule has 1 aromatic heterocycles. The number of nitrogens with one attached hydrogen (secondary N) is 1. The van der Waals surface area contributed by atoms with Gasteiger partial charge in [-0.25, -0.2) is 4.98 Å². The van der Waals surface area contributed by atoms with Gasteiger partial charge in [-0.05, 0) is 44.0 Å². The van der Waals surface area contributed by atoms with Crippen molar-refractivity contribution in [3.05, 3.63) is 44.9 Å². The number of hydrogen-bond donors (Lipinski definition) is 1. The third kappa shape index (κ3) is 4.79. The highest BCUT2D eigenvalue weighted by molar-refractivity contribution is 7.13. The molecule has 0 aliphatic carbocycles. The third-order valence-corrected chi connectivity index (χ3v) is 4.65. The Morgan fingerprint density at radius 2 is 2.00 bits per heavy atom. The zero-order valence-corrected chi connectivity index (χ0v) is 14.7. The van der Waals surface area contributed by atoms with E-state index in [0.717, 1.165) is 22.6 Å². The first-order valence-electron chi connectivity index (χ1n) is 7.51. The van der Waals surface area contributed by atoms with Gasteiger partial charge in [0.05, 0.1) is 29.5 Å². The van der Waals surface area contributed by atoms with Gasteiger partial charge in [-0.15, -0.1) is 11.3 Å². The lowest BCUT2D eigenvalue weighted by atomic mass is 10.1. The highest BCUT2D eigenvalue weighted by atomic mass is 32.1. The number of aromatic carboxylic acids is 1. The molecule has 128 valence electrons. The topological polar surface area (TPSA) is 91.3 Å². The number of carboxylic acids is 1. The quantitative estimate of drug-likeness (QED) is 0.759. The summed E-state index contributed by atoms with van der Waals surface area (Å²) in [6.45, 7) is 6.35. The molecule has 2 aromatic rings. The summed E-state index contributed by atoms with van der Waals surface area (Å²) in [4.78, 5) is 26.8. The Labute approximate surface area is 144 Å². The molecule has 7 heteroatoms. The summed E-state index contributed by atoms with van der Waals surface area (Å²) in [5.74, 6) is -0.725. The van der Waals surface area contributed by atoms with Gasteiger partial charge in [0.15, 0.2) is 0 Å². The summed E-state index contributed by atoms with van der Waals surface area (Å²) < 4.78 is 5.58. The fourth-order valence-corrected chi connectivity index (χ4v) is 2.98. The van der Waals surface area contributed by atoms with Crippen LogP contribution in [-0.4, -0.2) is 30.0 Å². The molecular weight excluding hydrogens is 328 g/mol. The molecule has 0 bridgehead atoms. The monoisotopic (exact) mass is 347 g/mol.